The molecule has 2 heteroatoms. The highest BCUT2D eigenvalue weighted by atomic mass is 14.9. The Morgan fingerprint density at radius 3 is 3.00 bits per heavy atom. The maximum atomic E-state index is 4.41. The Morgan fingerprint density at radius 1 is 1.31 bits per heavy atom. The lowest BCUT2D eigenvalue weighted by molar-refractivity contribution is 0.688. The number of nitrogens with one attached hydrogen (secondary N) is 1. The van der Waals surface area contributed by atoms with Crippen molar-refractivity contribution in [3.05, 3.63) is 41.6 Å². The molecule has 1 aromatic heterocycles. The van der Waals surface area contributed by atoms with Crippen molar-refractivity contribution in [2.75, 3.05) is 0 Å². The number of hydrogen-bond donors (Lipinski definition) is 1. The monoisotopic (exact) mass is 212 g/mol. The van der Waals surface area contributed by atoms with Crippen LogP contribution in [0.2, 0.25) is 0 Å². The van der Waals surface area contributed by atoms with Crippen molar-refractivity contribution in [1.82, 2.24) is 10.3 Å². The van der Waals surface area contributed by atoms with E-state index >= 15 is 0 Å². The molecule has 2 aromatic rings. The lowest BCUT2D eigenvalue weighted by atomic mass is 10.1. The van der Waals surface area contributed by atoms with Crippen molar-refractivity contribution in [2.24, 2.45) is 0 Å². The fraction of sp³-hybridized carbons (Fsp3) is 0.357. The molecule has 1 fully saturated rings. The zero-order valence-corrected chi connectivity index (χ0v) is 9.53. The van der Waals surface area contributed by atoms with Crippen LogP contribution in [0, 0.1) is 6.92 Å². The Bertz CT molecular complexity index is 515. The standard InChI is InChI=1S/C14H16N2/c1-10-6-12-7-11(9-15-13-3-4-13)2-5-14(12)16-8-10/h2,5-8,13,15H,3-4,9H2,1H3. The zero-order chi connectivity index (χ0) is 11.0. The average Bonchev–Trinajstić information content (AvgIpc) is 3.09. The highest BCUT2D eigenvalue weighted by Gasteiger charge is 2.19. The third-order valence-corrected chi connectivity index (χ3v) is 3.05. The summed E-state index contributed by atoms with van der Waals surface area (Å²) in [5.41, 5.74) is 3.66. The second-order valence-electron chi connectivity index (χ2n) is 4.69. The van der Waals surface area contributed by atoms with Crippen LogP contribution >= 0.6 is 0 Å². The van der Waals surface area contributed by atoms with E-state index < -0.39 is 0 Å². The molecule has 0 atom stereocenters. The van der Waals surface area contributed by atoms with Gasteiger partial charge in [-0.1, -0.05) is 6.07 Å². The topological polar surface area (TPSA) is 24.9 Å². The molecule has 1 saturated carbocycles. The second-order valence-corrected chi connectivity index (χ2v) is 4.69. The molecular weight excluding hydrogens is 196 g/mol. The molecule has 1 N–H and O–H groups in total. The molecule has 0 bridgehead atoms. The van der Waals surface area contributed by atoms with Crippen molar-refractivity contribution < 1.29 is 0 Å². The Labute approximate surface area is 95.7 Å². The van der Waals surface area contributed by atoms with Crippen molar-refractivity contribution >= 4 is 10.9 Å². The SMILES string of the molecule is Cc1cnc2ccc(CNC3CC3)cc2c1. The molecule has 1 heterocycles. The lowest BCUT2D eigenvalue weighted by Crippen LogP contribution is -2.15. The molecule has 0 aliphatic heterocycles. The van der Waals surface area contributed by atoms with Gasteiger partial charge in [0.2, 0.25) is 0 Å². The Kier molecular flexibility index (Phi) is 2.37. The number of benzene rings is 1. The normalized spacial score (nSPS) is 15.6. The molecule has 3 rings (SSSR count). The summed E-state index contributed by atoms with van der Waals surface area (Å²) in [4.78, 5) is 4.41. The van der Waals surface area contributed by atoms with E-state index in [9.17, 15) is 0 Å². The van der Waals surface area contributed by atoms with E-state index in [1.165, 1.54) is 29.4 Å². The molecule has 0 amide bonds. The van der Waals surface area contributed by atoms with Gasteiger partial charge in [0.1, 0.15) is 0 Å². The molecule has 0 radical (unpaired) electrons. The molecule has 1 aromatic carbocycles. The fourth-order valence-electron chi connectivity index (χ4n) is 1.95. The van der Waals surface area contributed by atoms with Gasteiger partial charge in [0.25, 0.3) is 0 Å². The van der Waals surface area contributed by atoms with Crippen LogP contribution in [0.3, 0.4) is 0 Å². The first-order valence-electron chi connectivity index (χ1n) is 5.90. The van der Waals surface area contributed by atoms with Gasteiger partial charge < -0.3 is 5.32 Å². The number of fused-ring (bicyclic) bond motifs is 1. The van der Waals surface area contributed by atoms with Gasteiger partial charge in [-0.15, -0.1) is 0 Å². The van der Waals surface area contributed by atoms with Gasteiger partial charge in [-0.2, -0.15) is 0 Å². The van der Waals surface area contributed by atoms with Crippen LogP contribution in [-0.2, 0) is 6.54 Å². The maximum Gasteiger partial charge on any atom is 0.0702 e. The molecule has 1 aliphatic carbocycles. The van der Waals surface area contributed by atoms with Crippen LogP contribution in [-0.4, -0.2) is 11.0 Å². The van der Waals surface area contributed by atoms with Gasteiger partial charge in [-0.3, -0.25) is 4.98 Å². The molecule has 0 saturated heterocycles. The third-order valence-electron chi connectivity index (χ3n) is 3.05. The number of hydrogen-bond acceptors (Lipinski definition) is 2. The smallest absolute Gasteiger partial charge is 0.0702 e. The van der Waals surface area contributed by atoms with E-state index in [2.05, 4.69) is 41.5 Å². The maximum absolute atomic E-state index is 4.41. The van der Waals surface area contributed by atoms with Crippen LogP contribution in [0.15, 0.2) is 30.5 Å². The fourth-order valence-corrected chi connectivity index (χ4v) is 1.95. The quantitative estimate of drug-likeness (QED) is 0.846. The van der Waals surface area contributed by atoms with Crippen LogP contribution < -0.4 is 5.32 Å². The number of nitrogens with zero attached hydrogens (tertiary/aromatic N) is 1. The minimum absolute atomic E-state index is 0.770. The molecule has 16 heavy (non-hydrogen) atoms. The van der Waals surface area contributed by atoms with Gasteiger partial charge in [-0.05, 0) is 49.1 Å². The van der Waals surface area contributed by atoms with E-state index in [4.69, 9.17) is 0 Å². The first kappa shape index (κ1) is 9.79. The summed E-state index contributed by atoms with van der Waals surface area (Å²) < 4.78 is 0. The van der Waals surface area contributed by atoms with Crippen LogP contribution in [0.1, 0.15) is 24.0 Å². The number of rotatable bonds is 3. The van der Waals surface area contributed by atoms with E-state index in [0.717, 1.165) is 18.1 Å². The van der Waals surface area contributed by atoms with E-state index in [0.29, 0.717) is 0 Å². The molecule has 1 aliphatic rings. The lowest BCUT2D eigenvalue weighted by Gasteiger charge is -2.05. The van der Waals surface area contributed by atoms with E-state index in [-0.39, 0.29) is 0 Å². The second kappa shape index (κ2) is 3.87. The molecular formula is C14H16N2. The number of aryl methyl sites for hydroxylation is 1. The van der Waals surface area contributed by atoms with Crippen molar-refractivity contribution in [3.8, 4) is 0 Å². The third kappa shape index (κ3) is 2.07. The van der Waals surface area contributed by atoms with Gasteiger partial charge in [0, 0.05) is 24.2 Å². The van der Waals surface area contributed by atoms with Gasteiger partial charge in [0.05, 0.1) is 5.52 Å². The summed E-state index contributed by atoms with van der Waals surface area (Å²) in [6, 6.07) is 9.48. The highest BCUT2D eigenvalue weighted by Crippen LogP contribution is 2.20. The summed E-state index contributed by atoms with van der Waals surface area (Å²) in [5, 5.41) is 4.78. The van der Waals surface area contributed by atoms with Gasteiger partial charge in [0.15, 0.2) is 0 Å². The minimum Gasteiger partial charge on any atom is -0.310 e. The first-order chi connectivity index (χ1) is 7.81. The van der Waals surface area contributed by atoms with Crippen molar-refractivity contribution in [1.29, 1.82) is 0 Å². The molecule has 82 valence electrons. The highest BCUT2D eigenvalue weighted by molar-refractivity contribution is 5.79. The van der Waals surface area contributed by atoms with Crippen molar-refractivity contribution in [3.63, 3.8) is 0 Å². The Hall–Kier alpha value is -1.41. The Morgan fingerprint density at radius 2 is 2.19 bits per heavy atom. The first-order valence-corrected chi connectivity index (χ1v) is 5.90. The minimum atomic E-state index is 0.770. The van der Waals surface area contributed by atoms with E-state index in [1.54, 1.807) is 0 Å². The zero-order valence-electron chi connectivity index (χ0n) is 9.53. The van der Waals surface area contributed by atoms with Crippen LogP contribution in [0.4, 0.5) is 0 Å². The van der Waals surface area contributed by atoms with Crippen LogP contribution in [0.25, 0.3) is 10.9 Å². The largest absolute Gasteiger partial charge is 0.310 e. The summed E-state index contributed by atoms with van der Waals surface area (Å²) in [7, 11) is 0. The molecule has 0 spiro atoms. The average molecular weight is 212 g/mol. The Balaban J connectivity index is 1.87. The number of aromatic nitrogens is 1. The van der Waals surface area contributed by atoms with Crippen LogP contribution in [0.5, 0.6) is 0 Å². The summed E-state index contributed by atoms with van der Waals surface area (Å²) >= 11 is 0. The number of pyridine rings is 1. The predicted molar refractivity (Wildman–Crippen MR) is 66.3 cm³/mol. The predicted octanol–water partition coefficient (Wildman–Crippen LogP) is 2.80. The summed E-state index contributed by atoms with van der Waals surface area (Å²) in [5.74, 6) is 0. The van der Waals surface area contributed by atoms with Gasteiger partial charge in [-0.25, -0.2) is 0 Å². The van der Waals surface area contributed by atoms with Crippen molar-refractivity contribution in [2.45, 2.75) is 32.4 Å². The molecule has 0 unspecified atom stereocenters. The van der Waals surface area contributed by atoms with Gasteiger partial charge >= 0.3 is 0 Å². The van der Waals surface area contributed by atoms with E-state index in [1.807, 2.05) is 6.20 Å². The summed E-state index contributed by atoms with van der Waals surface area (Å²) in [6.07, 6.45) is 4.60. The molecule has 2 nitrogen and oxygen atoms in total. The summed E-state index contributed by atoms with van der Waals surface area (Å²) in [6.45, 7) is 3.07.